The Morgan fingerprint density at radius 2 is 1.92 bits per heavy atom. The SMILES string of the molecule is COc1ccccc1/C=C/C(=O)OCC(=O)NC(=O)c1cccn1C. The van der Waals surface area contributed by atoms with Crippen LogP contribution in [-0.4, -0.2) is 36.1 Å². The predicted molar refractivity (Wildman–Crippen MR) is 90.9 cm³/mol. The van der Waals surface area contributed by atoms with Gasteiger partial charge in [-0.3, -0.25) is 14.9 Å². The van der Waals surface area contributed by atoms with Crippen LogP contribution in [0, 0.1) is 0 Å². The molecule has 0 spiro atoms. The normalized spacial score (nSPS) is 10.5. The molecule has 0 fully saturated rings. The highest BCUT2D eigenvalue weighted by atomic mass is 16.5. The fraction of sp³-hybridized carbons (Fsp3) is 0.167. The van der Waals surface area contributed by atoms with E-state index in [9.17, 15) is 14.4 Å². The maximum Gasteiger partial charge on any atom is 0.331 e. The monoisotopic (exact) mass is 342 g/mol. The highest BCUT2D eigenvalue weighted by molar-refractivity contribution is 6.04. The van der Waals surface area contributed by atoms with Crippen molar-refractivity contribution in [2.75, 3.05) is 13.7 Å². The third kappa shape index (κ3) is 5.07. The lowest BCUT2D eigenvalue weighted by Gasteiger charge is -2.05. The molecule has 7 nitrogen and oxygen atoms in total. The van der Waals surface area contributed by atoms with E-state index in [2.05, 4.69) is 5.32 Å². The van der Waals surface area contributed by atoms with Crippen LogP contribution in [0.5, 0.6) is 5.75 Å². The van der Waals surface area contributed by atoms with Gasteiger partial charge in [-0.25, -0.2) is 4.79 Å². The summed E-state index contributed by atoms with van der Waals surface area (Å²) in [6, 6.07) is 10.4. The van der Waals surface area contributed by atoms with Gasteiger partial charge in [0.05, 0.1) is 7.11 Å². The molecule has 1 aromatic carbocycles. The number of imide groups is 1. The molecule has 130 valence electrons. The summed E-state index contributed by atoms with van der Waals surface area (Å²) in [6.45, 7) is -0.550. The number of ether oxygens (including phenoxy) is 2. The van der Waals surface area contributed by atoms with Crippen LogP contribution in [0.15, 0.2) is 48.7 Å². The number of rotatable bonds is 6. The molecule has 0 unspecified atom stereocenters. The molecule has 2 aromatic rings. The lowest BCUT2D eigenvalue weighted by molar-refractivity contribution is -0.143. The number of carbonyl (C=O) groups excluding carboxylic acids is 3. The van der Waals surface area contributed by atoms with Gasteiger partial charge in [0.25, 0.3) is 11.8 Å². The molecule has 7 heteroatoms. The number of esters is 1. The number of amides is 2. The van der Waals surface area contributed by atoms with Gasteiger partial charge in [0.15, 0.2) is 6.61 Å². The zero-order valence-corrected chi connectivity index (χ0v) is 13.9. The van der Waals surface area contributed by atoms with Crippen LogP contribution >= 0.6 is 0 Å². The largest absolute Gasteiger partial charge is 0.496 e. The molecule has 1 heterocycles. The topological polar surface area (TPSA) is 86.6 Å². The van der Waals surface area contributed by atoms with Gasteiger partial charge in [0.2, 0.25) is 0 Å². The molecule has 1 N–H and O–H groups in total. The van der Waals surface area contributed by atoms with Crippen molar-refractivity contribution in [3.05, 3.63) is 59.9 Å². The van der Waals surface area contributed by atoms with Crippen molar-refractivity contribution in [1.82, 2.24) is 9.88 Å². The van der Waals surface area contributed by atoms with E-state index in [1.54, 1.807) is 48.1 Å². The van der Waals surface area contributed by atoms with Crippen molar-refractivity contribution < 1.29 is 23.9 Å². The Labute approximate surface area is 144 Å². The van der Waals surface area contributed by atoms with Gasteiger partial charge in [-0.1, -0.05) is 18.2 Å². The van der Waals surface area contributed by atoms with Crippen LogP contribution in [0.2, 0.25) is 0 Å². The number of hydrogen-bond donors (Lipinski definition) is 1. The first-order valence-corrected chi connectivity index (χ1v) is 7.44. The first-order valence-electron chi connectivity index (χ1n) is 7.44. The van der Waals surface area contributed by atoms with E-state index in [0.717, 1.165) is 0 Å². The molecule has 2 amide bonds. The molecule has 0 bridgehead atoms. The predicted octanol–water partition coefficient (Wildman–Crippen LogP) is 1.55. The number of methoxy groups -OCH3 is 1. The molecule has 0 aliphatic rings. The number of aryl methyl sites for hydroxylation is 1. The van der Waals surface area contributed by atoms with Crippen LogP contribution < -0.4 is 10.1 Å². The van der Waals surface area contributed by atoms with Crippen LogP contribution in [0.1, 0.15) is 16.1 Å². The van der Waals surface area contributed by atoms with Gasteiger partial charge in [0, 0.05) is 24.9 Å². The summed E-state index contributed by atoms with van der Waals surface area (Å²) in [4.78, 5) is 35.2. The minimum absolute atomic E-state index is 0.329. The molecule has 0 saturated heterocycles. The third-order valence-corrected chi connectivity index (χ3v) is 3.31. The van der Waals surface area contributed by atoms with Crippen molar-refractivity contribution in [2.45, 2.75) is 0 Å². The van der Waals surface area contributed by atoms with Crippen LogP contribution in [0.3, 0.4) is 0 Å². The summed E-state index contributed by atoms with van der Waals surface area (Å²) in [5.74, 6) is -1.35. The van der Waals surface area contributed by atoms with Crippen molar-refractivity contribution in [1.29, 1.82) is 0 Å². The van der Waals surface area contributed by atoms with E-state index < -0.39 is 24.4 Å². The highest BCUT2D eigenvalue weighted by Crippen LogP contribution is 2.18. The number of carbonyl (C=O) groups is 3. The second-order valence-corrected chi connectivity index (χ2v) is 5.06. The Morgan fingerprint density at radius 1 is 1.16 bits per heavy atom. The number of nitrogens with zero attached hydrogens (tertiary/aromatic N) is 1. The molecular weight excluding hydrogens is 324 g/mol. The molecule has 2 rings (SSSR count). The van der Waals surface area contributed by atoms with E-state index in [4.69, 9.17) is 9.47 Å². The Bertz CT molecular complexity index is 807. The Morgan fingerprint density at radius 3 is 2.60 bits per heavy atom. The molecule has 0 aliphatic heterocycles. The molecule has 1 aromatic heterocycles. The summed E-state index contributed by atoms with van der Waals surface area (Å²) in [5.41, 5.74) is 1.03. The van der Waals surface area contributed by atoms with Crippen molar-refractivity contribution in [3.8, 4) is 5.75 Å². The summed E-state index contributed by atoms with van der Waals surface area (Å²) in [5, 5.41) is 2.15. The number of benzene rings is 1. The van der Waals surface area contributed by atoms with E-state index in [-0.39, 0.29) is 0 Å². The third-order valence-electron chi connectivity index (χ3n) is 3.31. The minimum atomic E-state index is -0.703. The fourth-order valence-electron chi connectivity index (χ4n) is 2.07. The summed E-state index contributed by atoms with van der Waals surface area (Å²) in [7, 11) is 3.21. The Balaban J connectivity index is 1.83. The number of aromatic nitrogens is 1. The van der Waals surface area contributed by atoms with Gasteiger partial charge in [-0.15, -0.1) is 0 Å². The smallest absolute Gasteiger partial charge is 0.331 e. The van der Waals surface area contributed by atoms with Gasteiger partial charge in [0.1, 0.15) is 11.4 Å². The Hall–Kier alpha value is -3.35. The van der Waals surface area contributed by atoms with Gasteiger partial charge < -0.3 is 14.0 Å². The molecular formula is C18H18N2O5. The molecule has 25 heavy (non-hydrogen) atoms. The lowest BCUT2D eigenvalue weighted by Crippen LogP contribution is -2.34. The first kappa shape index (κ1) is 18.0. The molecule has 0 atom stereocenters. The van der Waals surface area contributed by atoms with Gasteiger partial charge >= 0.3 is 5.97 Å². The molecule has 0 saturated carbocycles. The van der Waals surface area contributed by atoms with Crippen molar-refractivity contribution in [3.63, 3.8) is 0 Å². The van der Waals surface area contributed by atoms with E-state index in [1.165, 1.54) is 19.3 Å². The summed E-state index contributed by atoms with van der Waals surface area (Å²) < 4.78 is 11.5. The van der Waals surface area contributed by atoms with Crippen LogP contribution in [0.4, 0.5) is 0 Å². The van der Waals surface area contributed by atoms with E-state index in [0.29, 0.717) is 17.0 Å². The van der Waals surface area contributed by atoms with Crippen LogP contribution in [0.25, 0.3) is 6.08 Å². The average molecular weight is 342 g/mol. The quantitative estimate of drug-likeness (QED) is 0.636. The van der Waals surface area contributed by atoms with Gasteiger partial charge in [-0.05, 0) is 24.3 Å². The second-order valence-electron chi connectivity index (χ2n) is 5.06. The minimum Gasteiger partial charge on any atom is -0.496 e. The van der Waals surface area contributed by atoms with Crippen LogP contribution in [-0.2, 0) is 21.4 Å². The maximum atomic E-state index is 11.8. The lowest BCUT2D eigenvalue weighted by atomic mass is 10.2. The first-order chi connectivity index (χ1) is 12.0. The second kappa shape index (κ2) is 8.49. The Kier molecular flexibility index (Phi) is 6.11. The van der Waals surface area contributed by atoms with E-state index in [1.807, 2.05) is 6.07 Å². The molecule has 0 radical (unpaired) electrons. The highest BCUT2D eigenvalue weighted by Gasteiger charge is 2.13. The zero-order valence-electron chi connectivity index (χ0n) is 13.9. The number of hydrogen-bond acceptors (Lipinski definition) is 5. The molecule has 0 aliphatic carbocycles. The zero-order chi connectivity index (χ0) is 18.2. The van der Waals surface area contributed by atoms with Crippen molar-refractivity contribution in [2.24, 2.45) is 7.05 Å². The number of nitrogens with one attached hydrogen (secondary N) is 1. The summed E-state index contributed by atoms with van der Waals surface area (Å²) in [6.07, 6.45) is 4.39. The number of para-hydroxylation sites is 1. The fourth-order valence-corrected chi connectivity index (χ4v) is 2.07. The standard InChI is InChI=1S/C18H18N2O5/c1-20-11-5-7-14(20)18(23)19-16(21)12-25-17(22)10-9-13-6-3-4-8-15(13)24-2/h3-11H,12H2,1-2H3,(H,19,21,23)/b10-9+. The van der Waals surface area contributed by atoms with Gasteiger partial charge in [-0.2, -0.15) is 0 Å². The average Bonchev–Trinajstić information content (AvgIpc) is 3.04. The van der Waals surface area contributed by atoms with E-state index >= 15 is 0 Å². The van der Waals surface area contributed by atoms with Crippen molar-refractivity contribution >= 4 is 23.9 Å². The maximum absolute atomic E-state index is 11.8. The summed E-state index contributed by atoms with van der Waals surface area (Å²) >= 11 is 0.